The maximum Gasteiger partial charge on any atom is 0.340 e. The van der Waals surface area contributed by atoms with E-state index >= 15 is 0 Å². The Hall–Kier alpha value is -2.95. The average Bonchev–Trinajstić information content (AvgIpc) is 2.95. The summed E-state index contributed by atoms with van der Waals surface area (Å²) in [6.07, 6.45) is 5.28. The van der Waals surface area contributed by atoms with Gasteiger partial charge in [0.25, 0.3) is 11.8 Å². The largest absolute Gasteiger partial charge is 0.462 e. The summed E-state index contributed by atoms with van der Waals surface area (Å²) >= 11 is 0. The van der Waals surface area contributed by atoms with Crippen molar-refractivity contribution < 1.29 is 19.1 Å². The molecule has 140 valence electrons. The molecule has 0 atom stereocenters. The van der Waals surface area contributed by atoms with E-state index in [0.717, 1.165) is 30.6 Å². The van der Waals surface area contributed by atoms with Crippen LogP contribution >= 0.6 is 0 Å². The predicted molar refractivity (Wildman–Crippen MR) is 103 cm³/mol. The predicted octanol–water partition coefficient (Wildman–Crippen LogP) is 4.61. The van der Waals surface area contributed by atoms with Crippen LogP contribution in [0.15, 0.2) is 48.5 Å². The summed E-state index contributed by atoms with van der Waals surface area (Å²) in [4.78, 5) is 39.0. The van der Waals surface area contributed by atoms with Crippen LogP contribution in [-0.2, 0) is 4.74 Å². The Kier molecular flexibility index (Phi) is 6.01. The van der Waals surface area contributed by atoms with Gasteiger partial charge in [0, 0.05) is 0 Å². The number of para-hydroxylation sites is 1. The lowest BCUT2D eigenvalue weighted by molar-refractivity contribution is 0.0498. The molecule has 3 rings (SSSR count). The maximum absolute atomic E-state index is 12.7. The summed E-state index contributed by atoms with van der Waals surface area (Å²) in [5, 5.41) is 0. The molecule has 0 aromatic heterocycles. The Balaban J connectivity index is 1.74. The van der Waals surface area contributed by atoms with Crippen LogP contribution in [0.1, 0.15) is 70.1 Å². The first-order valence-electron chi connectivity index (χ1n) is 9.39. The fourth-order valence-corrected chi connectivity index (χ4v) is 3.20. The van der Waals surface area contributed by atoms with Gasteiger partial charge in [0.05, 0.1) is 29.0 Å². The third-order valence-electron chi connectivity index (χ3n) is 4.64. The van der Waals surface area contributed by atoms with E-state index in [4.69, 9.17) is 4.74 Å². The number of hydrogen-bond donors (Lipinski definition) is 0. The van der Waals surface area contributed by atoms with Crippen LogP contribution in [0.4, 0.5) is 5.69 Å². The number of rotatable bonds is 8. The lowest BCUT2D eigenvalue weighted by atomic mass is 10.1. The molecule has 0 aliphatic carbocycles. The molecule has 0 fully saturated rings. The van der Waals surface area contributed by atoms with Gasteiger partial charge >= 0.3 is 5.97 Å². The Labute approximate surface area is 158 Å². The molecule has 0 spiro atoms. The van der Waals surface area contributed by atoms with E-state index < -0.39 is 17.8 Å². The first kappa shape index (κ1) is 18.8. The Morgan fingerprint density at radius 2 is 1.44 bits per heavy atom. The summed E-state index contributed by atoms with van der Waals surface area (Å²) in [5.41, 5.74) is 1.18. The van der Waals surface area contributed by atoms with E-state index in [2.05, 4.69) is 6.92 Å². The lowest BCUT2D eigenvalue weighted by Gasteiger charge is -2.17. The van der Waals surface area contributed by atoms with Gasteiger partial charge in [-0.05, 0) is 30.7 Å². The molecule has 2 aromatic rings. The van der Waals surface area contributed by atoms with Crippen molar-refractivity contribution in [3.8, 4) is 0 Å². The molecule has 2 aromatic carbocycles. The smallest absolute Gasteiger partial charge is 0.340 e. The molecule has 0 saturated carbocycles. The van der Waals surface area contributed by atoms with Crippen molar-refractivity contribution in [1.29, 1.82) is 0 Å². The average molecular weight is 365 g/mol. The van der Waals surface area contributed by atoms with Gasteiger partial charge < -0.3 is 4.74 Å². The van der Waals surface area contributed by atoms with Crippen LogP contribution in [0.2, 0.25) is 0 Å². The number of unbranched alkanes of at least 4 members (excludes halogenated alkanes) is 4. The maximum atomic E-state index is 12.7. The van der Waals surface area contributed by atoms with Crippen molar-refractivity contribution in [1.82, 2.24) is 0 Å². The lowest BCUT2D eigenvalue weighted by Crippen LogP contribution is -2.31. The zero-order chi connectivity index (χ0) is 19.2. The molecular formula is C22H23NO4. The van der Waals surface area contributed by atoms with Crippen LogP contribution < -0.4 is 4.90 Å². The topological polar surface area (TPSA) is 63.7 Å². The number of fused-ring (bicyclic) bond motifs is 1. The van der Waals surface area contributed by atoms with Gasteiger partial charge in [0.1, 0.15) is 0 Å². The van der Waals surface area contributed by atoms with Gasteiger partial charge in [-0.1, -0.05) is 56.9 Å². The quantitative estimate of drug-likeness (QED) is 0.389. The normalized spacial score (nSPS) is 13.0. The van der Waals surface area contributed by atoms with Gasteiger partial charge in [-0.3, -0.25) is 9.59 Å². The molecule has 2 amide bonds. The van der Waals surface area contributed by atoms with Crippen LogP contribution in [0.25, 0.3) is 0 Å². The first-order chi connectivity index (χ1) is 13.1. The molecule has 0 unspecified atom stereocenters. The van der Waals surface area contributed by atoms with Gasteiger partial charge in [-0.2, -0.15) is 0 Å². The molecule has 1 aliphatic rings. The second-order valence-electron chi connectivity index (χ2n) is 6.56. The molecule has 1 heterocycles. The molecule has 0 saturated heterocycles. The Bertz CT molecular complexity index is 824. The monoisotopic (exact) mass is 365 g/mol. The molecular weight excluding hydrogens is 342 g/mol. The van der Waals surface area contributed by atoms with E-state index in [1.165, 1.54) is 6.42 Å². The van der Waals surface area contributed by atoms with Crippen molar-refractivity contribution in [3.05, 3.63) is 65.2 Å². The summed E-state index contributed by atoms with van der Waals surface area (Å²) in [6, 6.07) is 13.2. The highest BCUT2D eigenvalue weighted by Gasteiger charge is 2.38. The van der Waals surface area contributed by atoms with Gasteiger partial charge in [0.2, 0.25) is 0 Å². The minimum atomic E-state index is -0.516. The highest BCUT2D eigenvalue weighted by Crippen LogP contribution is 2.31. The standard InChI is InChI=1S/C22H23NO4/c1-2-3-4-5-10-15-27-22(26)18-13-8-9-14-19(18)23-20(24)16-11-6-7-12-17(16)21(23)25/h6-9,11-14H,2-5,10,15H2,1H3. The number of amides is 2. The molecule has 5 nitrogen and oxygen atoms in total. The first-order valence-corrected chi connectivity index (χ1v) is 9.39. The van der Waals surface area contributed by atoms with Crippen molar-refractivity contribution in [2.45, 2.75) is 39.0 Å². The van der Waals surface area contributed by atoms with Crippen LogP contribution in [0, 0.1) is 0 Å². The third-order valence-corrected chi connectivity index (χ3v) is 4.64. The highest BCUT2D eigenvalue weighted by molar-refractivity contribution is 6.35. The fraction of sp³-hybridized carbons (Fsp3) is 0.318. The Morgan fingerprint density at radius 1 is 0.852 bits per heavy atom. The fourth-order valence-electron chi connectivity index (χ4n) is 3.20. The highest BCUT2D eigenvalue weighted by atomic mass is 16.5. The zero-order valence-electron chi connectivity index (χ0n) is 15.4. The number of hydrogen-bond acceptors (Lipinski definition) is 4. The molecule has 0 bridgehead atoms. The number of carbonyl (C=O) groups excluding carboxylic acids is 3. The number of esters is 1. The van der Waals surface area contributed by atoms with Crippen LogP contribution in [0.5, 0.6) is 0 Å². The summed E-state index contributed by atoms with van der Waals surface area (Å²) in [6.45, 7) is 2.48. The van der Waals surface area contributed by atoms with E-state index in [1.807, 2.05) is 0 Å². The van der Waals surface area contributed by atoms with E-state index in [9.17, 15) is 14.4 Å². The van der Waals surface area contributed by atoms with Crippen molar-refractivity contribution >= 4 is 23.5 Å². The molecule has 1 aliphatic heterocycles. The number of ether oxygens (including phenoxy) is 1. The van der Waals surface area contributed by atoms with E-state index in [1.54, 1.807) is 48.5 Å². The second kappa shape index (κ2) is 8.62. The SMILES string of the molecule is CCCCCCCOC(=O)c1ccccc1N1C(=O)c2ccccc2C1=O. The summed E-state index contributed by atoms with van der Waals surface area (Å²) in [7, 11) is 0. The number of imide groups is 1. The number of anilines is 1. The van der Waals surface area contributed by atoms with Crippen LogP contribution in [-0.4, -0.2) is 24.4 Å². The van der Waals surface area contributed by atoms with Gasteiger partial charge in [0.15, 0.2) is 0 Å². The van der Waals surface area contributed by atoms with Gasteiger partial charge in [-0.15, -0.1) is 0 Å². The number of nitrogens with zero attached hydrogens (tertiary/aromatic N) is 1. The van der Waals surface area contributed by atoms with Crippen molar-refractivity contribution in [2.24, 2.45) is 0 Å². The second-order valence-corrected chi connectivity index (χ2v) is 6.56. The zero-order valence-corrected chi connectivity index (χ0v) is 15.4. The molecule has 0 N–H and O–H groups in total. The minimum Gasteiger partial charge on any atom is -0.462 e. The van der Waals surface area contributed by atoms with Crippen molar-refractivity contribution in [2.75, 3.05) is 11.5 Å². The number of benzene rings is 2. The minimum absolute atomic E-state index is 0.223. The third kappa shape index (κ3) is 3.92. The molecule has 0 radical (unpaired) electrons. The Morgan fingerprint density at radius 3 is 2.11 bits per heavy atom. The van der Waals surface area contributed by atoms with Crippen LogP contribution in [0.3, 0.4) is 0 Å². The molecule has 27 heavy (non-hydrogen) atoms. The van der Waals surface area contributed by atoms with E-state index in [-0.39, 0.29) is 11.3 Å². The van der Waals surface area contributed by atoms with Crippen molar-refractivity contribution in [3.63, 3.8) is 0 Å². The molecule has 5 heteroatoms. The van der Waals surface area contributed by atoms with E-state index in [0.29, 0.717) is 17.7 Å². The summed E-state index contributed by atoms with van der Waals surface area (Å²) < 4.78 is 5.37. The van der Waals surface area contributed by atoms with Gasteiger partial charge in [-0.25, -0.2) is 9.69 Å². The number of carbonyl (C=O) groups is 3. The summed E-state index contributed by atoms with van der Waals surface area (Å²) in [5.74, 6) is -1.36.